The van der Waals surface area contributed by atoms with Gasteiger partial charge in [0.15, 0.2) is 0 Å². The van der Waals surface area contributed by atoms with Gasteiger partial charge < -0.3 is 4.74 Å². The summed E-state index contributed by atoms with van der Waals surface area (Å²) < 4.78 is 6.38. The van der Waals surface area contributed by atoms with Gasteiger partial charge in [-0.05, 0) is 30.8 Å². The van der Waals surface area contributed by atoms with Crippen LogP contribution in [0.4, 0.5) is 0 Å². The smallest absolute Gasteiger partial charge is 0.123 e. The van der Waals surface area contributed by atoms with Gasteiger partial charge in [-0.1, -0.05) is 51.8 Å². The Bertz CT molecular complexity index is 588. The summed E-state index contributed by atoms with van der Waals surface area (Å²) in [5.74, 6) is 0.918. The van der Waals surface area contributed by atoms with E-state index in [1.165, 1.54) is 5.56 Å². The van der Waals surface area contributed by atoms with Gasteiger partial charge in [-0.2, -0.15) is 0 Å². The molecule has 2 aromatic carbocycles. The number of methoxy groups -OCH3 is 1. The molecule has 106 valence electrons. The Balaban J connectivity index is 2.07. The van der Waals surface area contributed by atoms with Crippen LogP contribution >= 0.6 is 27.5 Å². The lowest BCUT2D eigenvalue weighted by Gasteiger charge is -2.19. The molecular formula is C16H17BrClNO. The molecule has 0 N–H and O–H groups in total. The fraction of sp³-hybridized carbons (Fsp3) is 0.250. The largest absolute Gasteiger partial charge is 0.496 e. The maximum Gasteiger partial charge on any atom is 0.123 e. The molecule has 0 saturated heterocycles. The van der Waals surface area contributed by atoms with Gasteiger partial charge in [0, 0.05) is 28.1 Å². The summed E-state index contributed by atoms with van der Waals surface area (Å²) in [5.41, 5.74) is 2.29. The van der Waals surface area contributed by atoms with Crippen molar-refractivity contribution in [2.45, 2.75) is 13.1 Å². The van der Waals surface area contributed by atoms with E-state index in [0.29, 0.717) is 0 Å². The number of ether oxygens (including phenoxy) is 1. The molecule has 0 fully saturated rings. The molecule has 0 aliphatic rings. The molecule has 0 saturated carbocycles. The first kappa shape index (κ1) is 15.4. The van der Waals surface area contributed by atoms with Crippen LogP contribution in [-0.2, 0) is 13.1 Å². The lowest BCUT2D eigenvalue weighted by molar-refractivity contribution is 0.310. The third kappa shape index (κ3) is 3.98. The number of para-hydroxylation sites is 1. The fourth-order valence-electron chi connectivity index (χ4n) is 2.12. The molecule has 0 amide bonds. The number of halogens is 2. The molecule has 0 heterocycles. The summed E-state index contributed by atoms with van der Waals surface area (Å²) in [7, 11) is 3.77. The average molecular weight is 355 g/mol. The number of hydrogen-bond donors (Lipinski definition) is 0. The Labute approximate surface area is 133 Å². The van der Waals surface area contributed by atoms with E-state index < -0.39 is 0 Å². The first-order valence-corrected chi connectivity index (χ1v) is 7.51. The first-order valence-electron chi connectivity index (χ1n) is 6.34. The molecule has 0 aromatic heterocycles. The van der Waals surface area contributed by atoms with E-state index in [9.17, 15) is 0 Å². The van der Waals surface area contributed by atoms with E-state index in [1.54, 1.807) is 7.11 Å². The van der Waals surface area contributed by atoms with Gasteiger partial charge in [0.1, 0.15) is 5.75 Å². The van der Waals surface area contributed by atoms with Crippen molar-refractivity contribution < 1.29 is 4.74 Å². The van der Waals surface area contributed by atoms with Crippen LogP contribution in [0.15, 0.2) is 46.9 Å². The average Bonchev–Trinajstić information content (AvgIpc) is 2.42. The molecule has 0 unspecified atom stereocenters. The number of rotatable bonds is 5. The maximum absolute atomic E-state index is 6.25. The lowest BCUT2D eigenvalue weighted by atomic mass is 10.1. The van der Waals surface area contributed by atoms with Crippen LogP contribution < -0.4 is 4.74 Å². The van der Waals surface area contributed by atoms with E-state index in [0.717, 1.165) is 33.9 Å². The zero-order valence-electron chi connectivity index (χ0n) is 11.6. The molecule has 0 radical (unpaired) electrons. The summed E-state index contributed by atoms with van der Waals surface area (Å²) in [5, 5.41) is 0.784. The van der Waals surface area contributed by atoms with Crippen LogP contribution in [0, 0.1) is 0 Å². The molecule has 0 aliphatic heterocycles. The van der Waals surface area contributed by atoms with E-state index in [4.69, 9.17) is 16.3 Å². The molecule has 4 heteroatoms. The fourth-order valence-corrected chi connectivity index (χ4v) is 2.85. The van der Waals surface area contributed by atoms with Crippen molar-refractivity contribution in [3.8, 4) is 5.75 Å². The number of benzene rings is 2. The first-order chi connectivity index (χ1) is 9.60. The van der Waals surface area contributed by atoms with Gasteiger partial charge in [0.2, 0.25) is 0 Å². The molecule has 0 aliphatic carbocycles. The summed E-state index contributed by atoms with van der Waals surface area (Å²) in [4.78, 5) is 2.22. The van der Waals surface area contributed by atoms with E-state index in [-0.39, 0.29) is 0 Å². The Kier molecular flexibility index (Phi) is 5.46. The number of hydrogen-bond acceptors (Lipinski definition) is 2. The normalized spacial score (nSPS) is 10.8. The van der Waals surface area contributed by atoms with Crippen molar-refractivity contribution in [2.75, 3.05) is 14.2 Å². The Hall–Kier alpha value is -1.03. The molecule has 20 heavy (non-hydrogen) atoms. The predicted molar refractivity (Wildman–Crippen MR) is 87.3 cm³/mol. The van der Waals surface area contributed by atoms with Crippen molar-refractivity contribution in [1.82, 2.24) is 4.90 Å². The molecule has 0 atom stereocenters. The van der Waals surface area contributed by atoms with Crippen molar-refractivity contribution in [3.05, 3.63) is 63.1 Å². The van der Waals surface area contributed by atoms with E-state index >= 15 is 0 Å². The van der Waals surface area contributed by atoms with Gasteiger partial charge in [-0.15, -0.1) is 0 Å². The van der Waals surface area contributed by atoms with Crippen LogP contribution in [0.2, 0.25) is 5.02 Å². The SMILES string of the molecule is COc1ccccc1CN(C)Cc1ccc(Br)cc1Cl. The standard InChI is InChI=1S/C16H17BrClNO/c1-19(10-12-7-8-14(17)9-15(12)18)11-13-5-3-4-6-16(13)20-2/h3-9H,10-11H2,1-2H3. The Morgan fingerprint density at radius 2 is 1.80 bits per heavy atom. The Morgan fingerprint density at radius 3 is 2.50 bits per heavy atom. The second-order valence-corrected chi connectivity index (χ2v) is 6.04. The second-order valence-electron chi connectivity index (χ2n) is 4.72. The second kappa shape index (κ2) is 7.11. The highest BCUT2D eigenvalue weighted by Gasteiger charge is 2.08. The highest BCUT2D eigenvalue weighted by Crippen LogP contribution is 2.24. The predicted octanol–water partition coefficient (Wildman–Crippen LogP) is 4.74. The number of nitrogens with zero attached hydrogens (tertiary/aromatic N) is 1. The van der Waals surface area contributed by atoms with Crippen LogP contribution in [-0.4, -0.2) is 19.1 Å². The third-order valence-corrected chi connectivity index (χ3v) is 3.93. The lowest BCUT2D eigenvalue weighted by Crippen LogP contribution is -2.17. The monoisotopic (exact) mass is 353 g/mol. The van der Waals surface area contributed by atoms with Crippen molar-refractivity contribution >= 4 is 27.5 Å². The topological polar surface area (TPSA) is 12.5 Å². The minimum Gasteiger partial charge on any atom is -0.496 e. The zero-order chi connectivity index (χ0) is 14.5. The van der Waals surface area contributed by atoms with Gasteiger partial charge in [-0.25, -0.2) is 0 Å². The van der Waals surface area contributed by atoms with E-state index in [2.05, 4.69) is 33.9 Å². The highest BCUT2D eigenvalue weighted by molar-refractivity contribution is 9.10. The van der Waals surface area contributed by atoms with E-state index in [1.807, 2.05) is 36.4 Å². The molecule has 0 spiro atoms. The quantitative estimate of drug-likeness (QED) is 0.769. The third-order valence-electron chi connectivity index (χ3n) is 3.09. The summed E-state index contributed by atoms with van der Waals surface area (Å²) >= 11 is 9.67. The van der Waals surface area contributed by atoms with Crippen LogP contribution in [0.3, 0.4) is 0 Å². The molecular weight excluding hydrogens is 338 g/mol. The summed E-state index contributed by atoms with van der Waals surface area (Å²) in [6.45, 7) is 1.61. The van der Waals surface area contributed by atoms with Crippen molar-refractivity contribution in [2.24, 2.45) is 0 Å². The minimum atomic E-state index is 0.784. The Morgan fingerprint density at radius 1 is 1.10 bits per heavy atom. The highest BCUT2D eigenvalue weighted by atomic mass is 79.9. The van der Waals surface area contributed by atoms with Gasteiger partial charge in [0.25, 0.3) is 0 Å². The minimum absolute atomic E-state index is 0.784. The van der Waals surface area contributed by atoms with Gasteiger partial charge >= 0.3 is 0 Å². The molecule has 2 nitrogen and oxygen atoms in total. The van der Waals surface area contributed by atoms with Crippen LogP contribution in [0.25, 0.3) is 0 Å². The molecule has 2 rings (SSSR count). The van der Waals surface area contributed by atoms with Crippen LogP contribution in [0.5, 0.6) is 5.75 Å². The maximum atomic E-state index is 6.25. The summed E-state index contributed by atoms with van der Waals surface area (Å²) in [6.07, 6.45) is 0. The van der Waals surface area contributed by atoms with Crippen molar-refractivity contribution in [3.63, 3.8) is 0 Å². The summed E-state index contributed by atoms with van der Waals surface area (Å²) in [6, 6.07) is 14.1. The molecule has 2 aromatic rings. The van der Waals surface area contributed by atoms with Gasteiger partial charge in [0.05, 0.1) is 7.11 Å². The van der Waals surface area contributed by atoms with Crippen molar-refractivity contribution in [1.29, 1.82) is 0 Å². The molecule has 0 bridgehead atoms. The van der Waals surface area contributed by atoms with Crippen LogP contribution in [0.1, 0.15) is 11.1 Å². The zero-order valence-corrected chi connectivity index (χ0v) is 13.9. The van der Waals surface area contributed by atoms with Gasteiger partial charge in [-0.3, -0.25) is 4.90 Å².